The zero-order chi connectivity index (χ0) is 23.8. The highest BCUT2D eigenvalue weighted by atomic mass is 35.5. The van der Waals surface area contributed by atoms with Crippen molar-refractivity contribution in [3.05, 3.63) is 11.1 Å². The average Bonchev–Trinajstić information content (AvgIpc) is 3.61. The van der Waals surface area contributed by atoms with Gasteiger partial charge < -0.3 is 9.64 Å². The third kappa shape index (κ3) is 4.65. The highest BCUT2D eigenvalue weighted by Crippen LogP contribution is 2.48. The molecular formula is C22H30ClFN6O4. The molecule has 1 aromatic rings. The van der Waals surface area contributed by atoms with E-state index in [-0.39, 0.29) is 42.1 Å². The van der Waals surface area contributed by atoms with Gasteiger partial charge in [0.15, 0.2) is 11.6 Å². The van der Waals surface area contributed by atoms with Gasteiger partial charge in [-0.15, -0.1) is 0 Å². The summed E-state index contributed by atoms with van der Waals surface area (Å²) in [4.78, 5) is 33.7. The summed E-state index contributed by atoms with van der Waals surface area (Å²) < 4.78 is 21.4. The highest BCUT2D eigenvalue weighted by Gasteiger charge is 2.53. The van der Waals surface area contributed by atoms with Crippen molar-refractivity contribution >= 4 is 35.6 Å². The normalized spacial score (nSPS) is 28.7. The van der Waals surface area contributed by atoms with Gasteiger partial charge in [-0.05, 0) is 36.8 Å². The van der Waals surface area contributed by atoms with E-state index >= 15 is 4.39 Å². The van der Waals surface area contributed by atoms with Crippen LogP contribution in [0.4, 0.5) is 16.0 Å². The number of hydroxylamine groups is 2. The molecule has 2 bridgehead atoms. The molecule has 1 aromatic heterocycles. The van der Waals surface area contributed by atoms with Crippen LogP contribution >= 0.6 is 11.6 Å². The van der Waals surface area contributed by atoms with E-state index < -0.39 is 17.6 Å². The monoisotopic (exact) mass is 496 g/mol. The summed E-state index contributed by atoms with van der Waals surface area (Å²) in [5.41, 5.74) is 5.03. The van der Waals surface area contributed by atoms with Gasteiger partial charge >= 0.3 is 0 Å². The van der Waals surface area contributed by atoms with Crippen LogP contribution in [0.5, 0.6) is 0 Å². The van der Waals surface area contributed by atoms with Crippen molar-refractivity contribution in [1.82, 2.24) is 20.5 Å². The molecule has 2 amide bonds. The Hall–Kier alpha value is -2.24. The number of rotatable bonds is 9. The third-order valence-corrected chi connectivity index (χ3v) is 8.02. The van der Waals surface area contributed by atoms with Crippen molar-refractivity contribution in [3.63, 3.8) is 0 Å². The molecule has 4 heterocycles. The number of amides is 2. The molecule has 3 saturated heterocycles. The molecule has 0 spiro atoms. The van der Waals surface area contributed by atoms with E-state index in [1.807, 2.05) is 4.90 Å². The Kier molecular flexibility index (Phi) is 6.76. The molecule has 4 fully saturated rings. The lowest BCUT2D eigenvalue weighted by Gasteiger charge is -2.23. The van der Waals surface area contributed by atoms with Crippen LogP contribution in [0.2, 0.25) is 5.28 Å². The van der Waals surface area contributed by atoms with Gasteiger partial charge in [-0.3, -0.25) is 25.6 Å². The van der Waals surface area contributed by atoms with E-state index in [2.05, 4.69) is 20.8 Å². The zero-order valence-electron chi connectivity index (χ0n) is 18.8. The van der Waals surface area contributed by atoms with E-state index in [9.17, 15) is 14.8 Å². The second-order valence-corrected chi connectivity index (χ2v) is 10.3. The molecule has 4 aliphatic rings. The predicted molar refractivity (Wildman–Crippen MR) is 120 cm³/mol. The van der Waals surface area contributed by atoms with Gasteiger partial charge in [0, 0.05) is 24.9 Å². The summed E-state index contributed by atoms with van der Waals surface area (Å²) in [5.74, 6) is -0.862. The van der Waals surface area contributed by atoms with Crippen molar-refractivity contribution in [1.29, 1.82) is 0 Å². The first kappa shape index (κ1) is 23.5. The van der Waals surface area contributed by atoms with Crippen molar-refractivity contribution in [3.8, 4) is 0 Å². The Morgan fingerprint density at radius 1 is 1.24 bits per heavy atom. The first-order chi connectivity index (χ1) is 16.4. The van der Waals surface area contributed by atoms with Crippen LogP contribution in [-0.4, -0.2) is 64.4 Å². The Balaban J connectivity index is 1.26. The lowest BCUT2D eigenvalue weighted by molar-refractivity contribution is -0.154. The maximum atomic E-state index is 15.4. The molecular weight excluding hydrogens is 467 g/mol. The van der Waals surface area contributed by atoms with E-state index in [1.165, 1.54) is 0 Å². The summed E-state index contributed by atoms with van der Waals surface area (Å²) >= 11 is 6.10. The molecule has 0 radical (unpaired) electrons. The number of ether oxygens (including phenoxy) is 1. The van der Waals surface area contributed by atoms with Crippen LogP contribution in [0.3, 0.4) is 0 Å². The Labute approximate surface area is 202 Å². The number of nitrogens with zero attached hydrogens (tertiary/aromatic N) is 4. The number of fused-ring (bicyclic) bond motifs is 5. The molecule has 34 heavy (non-hydrogen) atoms. The van der Waals surface area contributed by atoms with Gasteiger partial charge in [0.25, 0.3) is 0 Å². The predicted octanol–water partition coefficient (Wildman–Crippen LogP) is 2.37. The molecule has 4 unspecified atom stereocenters. The molecule has 10 nitrogen and oxygen atoms in total. The zero-order valence-corrected chi connectivity index (χ0v) is 19.6. The van der Waals surface area contributed by atoms with Crippen LogP contribution in [0.1, 0.15) is 44.9 Å². The van der Waals surface area contributed by atoms with Gasteiger partial charge in [0.2, 0.25) is 23.4 Å². The summed E-state index contributed by atoms with van der Waals surface area (Å²) in [6.07, 6.45) is 7.56. The summed E-state index contributed by atoms with van der Waals surface area (Å²) in [7, 11) is 0. The second kappa shape index (κ2) is 9.79. The second-order valence-electron chi connectivity index (χ2n) is 9.93. The first-order valence-corrected chi connectivity index (χ1v) is 12.4. The molecule has 1 aliphatic carbocycles. The third-order valence-electron chi connectivity index (χ3n) is 7.86. The van der Waals surface area contributed by atoms with Crippen LogP contribution < -0.4 is 15.8 Å². The van der Waals surface area contributed by atoms with Crippen molar-refractivity contribution in [2.75, 3.05) is 30.0 Å². The standard InChI is InChI=1S/C22H30ClFN6O4/c23-22-25-19(27-28-21(32)13(8-30(33)11-31)7-12-3-1-2-4-12)18(24)20(26-22)29-9-14-15(10-29)17-6-5-16(14)34-17/h11-17,33H,1-10H2,(H,28,32)(H,25,26,27)/t13-,14?,15?,16?,17?/m1/s1. The van der Waals surface area contributed by atoms with Gasteiger partial charge in [-0.2, -0.15) is 14.4 Å². The summed E-state index contributed by atoms with van der Waals surface area (Å²) in [6, 6.07) is 0. The van der Waals surface area contributed by atoms with Crippen LogP contribution in [0.15, 0.2) is 0 Å². The minimum absolute atomic E-state index is 0.107. The van der Waals surface area contributed by atoms with Crippen LogP contribution in [-0.2, 0) is 14.3 Å². The minimum atomic E-state index is -0.693. The van der Waals surface area contributed by atoms with Gasteiger partial charge in [-0.25, -0.2) is 5.06 Å². The SMILES string of the molecule is O=CN(O)C[C@@H](CC1CCCC1)C(=O)NNc1nc(Cl)nc(N2CC3C4CCC(O4)C3C2)c1F. The maximum Gasteiger partial charge on any atom is 0.243 e. The lowest BCUT2D eigenvalue weighted by Crippen LogP contribution is -2.41. The fourth-order valence-electron chi connectivity index (χ4n) is 6.24. The largest absolute Gasteiger partial charge is 0.374 e. The van der Waals surface area contributed by atoms with E-state index in [1.54, 1.807) is 0 Å². The van der Waals surface area contributed by atoms with Crippen molar-refractivity contribution in [2.24, 2.45) is 23.7 Å². The van der Waals surface area contributed by atoms with E-state index in [4.69, 9.17) is 16.3 Å². The lowest BCUT2D eigenvalue weighted by atomic mass is 9.82. The van der Waals surface area contributed by atoms with Crippen LogP contribution in [0.25, 0.3) is 0 Å². The number of nitrogens with one attached hydrogen (secondary N) is 2. The van der Waals surface area contributed by atoms with Crippen molar-refractivity contribution in [2.45, 2.75) is 57.2 Å². The average molecular weight is 497 g/mol. The fraction of sp³-hybridized carbons (Fsp3) is 0.727. The number of anilines is 2. The summed E-state index contributed by atoms with van der Waals surface area (Å²) in [6.45, 7) is 1.14. The van der Waals surface area contributed by atoms with Crippen LogP contribution in [0, 0.1) is 29.5 Å². The van der Waals surface area contributed by atoms with Crippen molar-refractivity contribution < 1.29 is 23.9 Å². The number of hydrazine groups is 1. The maximum absolute atomic E-state index is 15.4. The number of carbonyl (C=O) groups excluding carboxylic acids is 2. The quantitative estimate of drug-likeness (QED) is 0.206. The molecule has 186 valence electrons. The number of hydrogen-bond acceptors (Lipinski definition) is 8. The first-order valence-electron chi connectivity index (χ1n) is 12.0. The molecule has 3 N–H and O–H groups in total. The smallest absolute Gasteiger partial charge is 0.243 e. The number of hydrogen-bond donors (Lipinski definition) is 3. The molecule has 3 aliphatic heterocycles. The molecule has 0 aromatic carbocycles. The fourth-order valence-corrected chi connectivity index (χ4v) is 6.40. The number of aromatic nitrogens is 2. The highest BCUT2D eigenvalue weighted by molar-refractivity contribution is 6.28. The van der Waals surface area contributed by atoms with Gasteiger partial charge in [0.05, 0.1) is 24.7 Å². The molecule has 1 saturated carbocycles. The molecule has 5 rings (SSSR count). The molecule has 5 atom stereocenters. The minimum Gasteiger partial charge on any atom is -0.374 e. The Bertz CT molecular complexity index is 917. The van der Waals surface area contributed by atoms with Gasteiger partial charge in [0.1, 0.15) is 0 Å². The Morgan fingerprint density at radius 3 is 2.56 bits per heavy atom. The van der Waals surface area contributed by atoms with E-state index in [0.717, 1.165) is 38.5 Å². The summed E-state index contributed by atoms with van der Waals surface area (Å²) in [5, 5.41) is 9.97. The van der Waals surface area contributed by atoms with E-state index in [0.29, 0.717) is 42.3 Å². The molecule has 12 heteroatoms. The topological polar surface area (TPSA) is 120 Å². The van der Waals surface area contributed by atoms with Gasteiger partial charge in [-0.1, -0.05) is 25.7 Å². The number of halogens is 2. The number of carbonyl (C=O) groups is 2. The Morgan fingerprint density at radius 2 is 1.91 bits per heavy atom.